The van der Waals surface area contributed by atoms with Gasteiger partial charge in [0, 0.05) is 24.6 Å². The Balaban J connectivity index is 2.50. The van der Waals surface area contributed by atoms with Gasteiger partial charge >= 0.3 is 16.4 Å². The van der Waals surface area contributed by atoms with Crippen LogP contribution in [0.1, 0.15) is 24.4 Å². The fourth-order valence-electron chi connectivity index (χ4n) is 2.49. The molecule has 1 aromatic heterocycles. The minimum atomic E-state index is -4.84. The normalized spacial score (nSPS) is 11.6. The molecule has 1 N–H and O–H groups in total. The van der Waals surface area contributed by atoms with Crippen molar-refractivity contribution in [2.45, 2.75) is 13.8 Å². The minimum absolute atomic E-state index is 0.0216. The van der Waals surface area contributed by atoms with Crippen molar-refractivity contribution in [2.75, 3.05) is 0 Å². The van der Waals surface area contributed by atoms with Gasteiger partial charge < -0.3 is 13.3 Å². The highest BCUT2D eigenvalue weighted by Gasteiger charge is 2.24. The van der Waals surface area contributed by atoms with Crippen LogP contribution >= 0.6 is 0 Å². The van der Waals surface area contributed by atoms with Gasteiger partial charge in [-0.25, -0.2) is 0 Å². The van der Waals surface area contributed by atoms with Gasteiger partial charge in [-0.15, -0.1) is 0 Å². The number of Topliss-reactive ketones (excluding diaryl/α,β-unsaturated/α-hetero) is 1. The molecule has 0 saturated heterocycles. The van der Waals surface area contributed by atoms with E-state index >= 15 is 0 Å². The minimum Gasteiger partial charge on any atom is -0.449 e. The monoisotopic (exact) mass is 364 g/mol. The fourth-order valence-corrected chi connectivity index (χ4v) is 2.88. The summed E-state index contributed by atoms with van der Waals surface area (Å²) in [5, 5.41) is 0.630. The maximum atomic E-state index is 11.6. The van der Waals surface area contributed by atoms with Crippen LogP contribution in [0, 0.1) is 0 Å². The first-order chi connectivity index (χ1) is 11.7. The van der Waals surface area contributed by atoms with Crippen molar-refractivity contribution < 1.29 is 35.9 Å². The highest BCUT2D eigenvalue weighted by Crippen LogP contribution is 2.44. The zero-order valence-corrected chi connectivity index (χ0v) is 13.9. The van der Waals surface area contributed by atoms with Gasteiger partial charge in [-0.05, 0) is 6.07 Å². The predicted octanol–water partition coefficient (Wildman–Crippen LogP) is 2.90. The number of carbonyl (C=O) groups excluding carboxylic acids is 2. The third-order valence-electron chi connectivity index (χ3n) is 3.38. The maximum absolute atomic E-state index is 11.6. The lowest BCUT2D eigenvalue weighted by molar-refractivity contribution is -0.131. The molecule has 0 aliphatic rings. The molecule has 25 heavy (non-hydrogen) atoms. The first kappa shape index (κ1) is 16.9. The average molecular weight is 364 g/mol. The van der Waals surface area contributed by atoms with Crippen LogP contribution in [0.2, 0.25) is 0 Å². The second-order valence-corrected chi connectivity index (χ2v) is 6.24. The number of furan rings is 1. The third-order valence-corrected chi connectivity index (χ3v) is 3.76. The van der Waals surface area contributed by atoms with Gasteiger partial charge in [-0.2, -0.15) is 8.42 Å². The van der Waals surface area contributed by atoms with Crippen molar-refractivity contribution in [2.24, 2.45) is 0 Å². The summed E-state index contributed by atoms with van der Waals surface area (Å²) in [5.74, 6) is -1.35. The Morgan fingerprint density at radius 2 is 1.64 bits per heavy atom. The molecule has 0 fully saturated rings. The van der Waals surface area contributed by atoms with Gasteiger partial charge in [0.05, 0.1) is 5.39 Å². The number of fused-ring (bicyclic) bond motifs is 2. The number of ketones is 1. The van der Waals surface area contributed by atoms with Crippen LogP contribution in [0.25, 0.3) is 21.7 Å². The van der Waals surface area contributed by atoms with Crippen LogP contribution in [-0.4, -0.2) is 24.7 Å². The van der Waals surface area contributed by atoms with Crippen LogP contribution in [0.4, 0.5) is 0 Å². The zero-order valence-electron chi connectivity index (χ0n) is 13.1. The lowest BCUT2D eigenvalue weighted by Gasteiger charge is -2.11. The molecule has 0 saturated carbocycles. The van der Waals surface area contributed by atoms with Gasteiger partial charge in [0.15, 0.2) is 28.6 Å². The van der Waals surface area contributed by atoms with Crippen LogP contribution in [0.5, 0.6) is 11.5 Å². The van der Waals surface area contributed by atoms with Crippen molar-refractivity contribution in [1.82, 2.24) is 0 Å². The number of esters is 1. The second-order valence-electron chi connectivity index (χ2n) is 5.22. The Hall–Kier alpha value is -2.91. The van der Waals surface area contributed by atoms with E-state index in [4.69, 9.17) is 17.9 Å². The Morgan fingerprint density at radius 3 is 2.16 bits per heavy atom. The smallest absolute Gasteiger partial charge is 0.446 e. The summed E-state index contributed by atoms with van der Waals surface area (Å²) < 4.78 is 46.9. The maximum Gasteiger partial charge on any atom is 0.446 e. The van der Waals surface area contributed by atoms with Crippen molar-refractivity contribution in [3.63, 3.8) is 0 Å². The SMILES string of the molecule is CC(=O)Oc1c2ccccc2c(OS(=O)(=O)O)c2cc(C(C)=O)oc12. The topological polar surface area (TPSA) is 120 Å². The molecular weight excluding hydrogens is 352 g/mol. The molecule has 0 radical (unpaired) electrons. The van der Waals surface area contributed by atoms with E-state index in [2.05, 4.69) is 0 Å². The van der Waals surface area contributed by atoms with Crippen LogP contribution in [0.3, 0.4) is 0 Å². The molecular formula is C16H12O8S. The number of carbonyl (C=O) groups is 2. The van der Waals surface area contributed by atoms with Gasteiger partial charge in [0.2, 0.25) is 0 Å². The van der Waals surface area contributed by atoms with E-state index < -0.39 is 22.2 Å². The van der Waals surface area contributed by atoms with Crippen molar-refractivity contribution in [3.8, 4) is 11.5 Å². The van der Waals surface area contributed by atoms with Gasteiger partial charge in [-0.3, -0.25) is 14.1 Å². The van der Waals surface area contributed by atoms with Crippen molar-refractivity contribution in [3.05, 3.63) is 36.1 Å². The molecule has 8 nitrogen and oxygen atoms in total. The van der Waals surface area contributed by atoms with Gasteiger partial charge in [-0.1, -0.05) is 24.3 Å². The van der Waals surface area contributed by atoms with E-state index in [-0.39, 0.29) is 33.6 Å². The number of ether oxygens (including phenoxy) is 1. The summed E-state index contributed by atoms with van der Waals surface area (Å²) >= 11 is 0. The van der Waals surface area contributed by atoms with Crippen LogP contribution in [-0.2, 0) is 15.2 Å². The first-order valence-electron chi connectivity index (χ1n) is 7.02. The quantitative estimate of drug-likeness (QED) is 0.325. The van der Waals surface area contributed by atoms with E-state index in [0.29, 0.717) is 5.39 Å². The van der Waals surface area contributed by atoms with E-state index in [1.165, 1.54) is 26.0 Å². The lowest BCUT2D eigenvalue weighted by atomic mass is 10.1. The predicted molar refractivity (Wildman–Crippen MR) is 87.2 cm³/mol. The fraction of sp³-hybridized carbons (Fsp3) is 0.125. The van der Waals surface area contributed by atoms with Crippen LogP contribution < -0.4 is 8.92 Å². The first-order valence-corrected chi connectivity index (χ1v) is 8.38. The highest BCUT2D eigenvalue weighted by molar-refractivity contribution is 7.81. The summed E-state index contributed by atoms with van der Waals surface area (Å²) in [6.07, 6.45) is 0. The van der Waals surface area contributed by atoms with E-state index in [0.717, 1.165) is 0 Å². The number of benzene rings is 2. The number of hydrogen-bond acceptors (Lipinski definition) is 7. The van der Waals surface area contributed by atoms with Gasteiger partial charge in [0.1, 0.15) is 0 Å². The van der Waals surface area contributed by atoms with Crippen molar-refractivity contribution >= 4 is 43.9 Å². The molecule has 0 unspecified atom stereocenters. The largest absolute Gasteiger partial charge is 0.449 e. The summed E-state index contributed by atoms with van der Waals surface area (Å²) in [6, 6.07) is 7.57. The zero-order chi connectivity index (χ0) is 18.4. The Kier molecular flexibility index (Phi) is 3.97. The molecule has 1 heterocycles. The molecule has 130 valence electrons. The summed E-state index contributed by atoms with van der Waals surface area (Å²) in [7, 11) is -4.84. The Morgan fingerprint density at radius 1 is 1.04 bits per heavy atom. The molecule has 3 rings (SSSR count). The summed E-state index contributed by atoms with van der Waals surface area (Å²) in [4.78, 5) is 23.1. The molecule has 9 heteroatoms. The molecule has 0 spiro atoms. The molecule has 0 atom stereocenters. The lowest BCUT2D eigenvalue weighted by Crippen LogP contribution is -2.08. The molecule has 3 aromatic rings. The van der Waals surface area contributed by atoms with E-state index in [1.54, 1.807) is 18.2 Å². The van der Waals surface area contributed by atoms with Crippen molar-refractivity contribution in [1.29, 1.82) is 0 Å². The molecule has 0 amide bonds. The van der Waals surface area contributed by atoms with E-state index in [9.17, 15) is 18.0 Å². The standard InChI is InChI=1S/C16H12O8S/c1-8(17)13-7-12-14(24-25(19,20)21)10-5-3-4-6-11(10)15(16(12)23-13)22-9(2)18/h3-7H,1-2H3,(H,19,20,21). The average Bonchev–Trinajstić information content (AvgIpc) is 2.94. The highest BCUT2D eigenvalue weighted by atomic mass is 32.3. The molecule has 0 bridgehead atoms. The summed E-state index contributed by atoms with van der Waals surface area (Å²) in [5.41, 5.74) is -0.0437. The van der Waals surface area contributed by atoms with Crippen LogP contribution in [0.15, 0.2) is 34.7 Å². The molecule has 0 aliphatic heterocycles. The molecule has 0 aliphatic carbocycles. The number of rotatable bonds is 4. The Bertz CT molecular complexity index is 1120. The van der Waals surface area contributed by atoms with Gasteiger partial charge in [0.25, 0.3) is 0 Å². The summed E-state index contributed by atoms with van der Waals surface area (Å²) in [6.45, 7) is 2.45. The van der Waals surface area contributed by atoms with E-state index in [1.807, 2.05) is 0 Å². The Labute approximate surface area is 141 Å². The third kappa shape index (κ3) is 3.19. The number of hydrogen-bond donors (Lipinski definition) is 1. The second kappa shape index (κ2) is 5.87. The molecule has 2 aromatic carbocycles.